The molecular weight excluding hydrogens is 438 g/mol. The average Bonchev–Trinajstić information content (AvgIpc) is 2.83. The highest BCUT2D eigenvalue weighted by Gasteiger charge is 2.27. The van der Waals surface area contributed by atoms with Gasteiger partial charge in [0.2, 0.25) is 11.8 Å². The summed E-state index contributed by atoms with van der Waals surface area (Å²) in [5.74, 6) is -2.50. The van der Waals surface area contributed by atoms with Crippen LogP contribution in [0.2, 0.25) is 0 Å². The minimum absolute atomic E-state index is 0.0328. The number of carbonyl (C=O) groups excluding carboxylic acids is 3. The number of nitrogens with one attached hydrogen (secondary N) is 3. The van der Waals surface area contributed by atoms with Gasteiger partial charge in [0.15, 0.2) is 0 Å². The minimum Gasteiger partial charge on any atom is -0.480 e. The first-order valence-electron chi connectivity index (χ1n) is 10.8. The van der Waals surface area contributed by atoms with Crippen LogP contribution < -0.4 is 16.0 Å². The number of aliphatic carboxylic acids is 1. The number of amides is 3. The summed E-state index contributed by atoms with van der Waals surface area (Å²) in [5, 5.41) is 16.6. The van der Waals surface area contributed by atoms with Crippen molar-refractivity contribution in [2.75, 3.05) is 0 Å². The molecule has 0 unspecified atom stereocenters. The molecule has 0 saturated heterocycles. The van der Waals surface area contributed by atoms with E-state index in [9.17, 15) is 24.3 Å². The first-order chi connectivity index (χ1) is 16.3. The van der Waals surface area contributed by atoms with Crippen LogP contribution in [0.3, 0.4) is 0 Å². The fourth-order valence-corrected chi connectivity index (χ4v) is 3.03. The van der Waals surface area contributed by atoms with E-state index in [-0.39, 0.29) is 19.4 Å². The molecule has 2 rings (SSSR count). The van der Waals surface area contributed by atoms with Gasteiger partial charge in [-0.2, -0.15) is 0 Å². The van der Waals surface area contributed by atoms with E-state index >= 15 is 0 Å². The lowest BCUT2D eigenvalue weighted by Crippen LogP contribution is -2.55. The lowest BCUT2D eigenvalue weighted by molar-refractivity contribution is -0.142. The van der Waals surface area contributed by atoms with Gasteiger partial charge in [-0.3, -0.25) is 9.59 Å². The molecule has 4 N–H and O–H groups in total. The van der Waals surface area contributed by atoms with Crippen LogP contribution in [0.25, 0.3) is 0 Å². The molecule has 2 aromatic rings. The van der Waals surface area contributed by atoms with Gasteiger partial charge in [0.05, 0.1) is 0 Å². The minimum atomic E-state index is -1.21. The Hall–Kier alpha value is -4.14. The summed E-state index contributed by atoms with van der Waals surface area (Å²) >= 11 is 0. The molecule has 0 aliphatic heterocycles. The second-order valence-electron chi connectivity index (χ2n) is 7.60. The van der Waals surface area contributed by atoms with Crippen molar-refractivity contribution >= 4 is 23.9 Å². The van der Waals surface area contributed by atoms with Crippen LogP contribution in [-0.2, 0) is 32.1 Å². The summed E-state index contributed by atoms with van der Waals surface area (Å²) in [6, 6.07) is 14.9. The number of carbonyl (C=O) groups is 4. The number of benzene rings is 2. The quantitative estimate of drug-likeness (QED) is 0.354. The molecule has 3 amide bonds. The molecule has 0 saturated carbocycles. The van der Waals surface area contributed by atoms with E-state index in [2.05, 4.69) is 22.5 Å². The predicted octanol–water partition coefficient (Wildman–Crippen LogP) is 2.17. The Balaban J connectivity index is 2.02. The highest BCUT2D eigenvalue weighted by Crippen LogP contribution is 2.06. The average molecular weight is 468 g/mol. The number of alkyl carbamates (subject to hydrolysis) is 1. The molecule has 34 heavy (non-hydrogen) atoms. The van der Waals surface area contributed by atoms with Gasteiger partial charge >= 0.3 is 12.1 Å². The van der Waals surface area contributed by atoms with E-state index in [1.54, 1.807) is 36.4 Å². The first kappa shape index (κ1) is 26.1. The van der Waals surface area contributed by atoms with Crippen LogP contribution in [0.4, 0.5) is 4.79 Å². The fraction of sp³-hybridized carbons (Fsp3) is 0.280. The second-order valence-corrected chi connectivity index (χ2v) is 7.60. The SMILES string of the molecule is C=CC[C@H](NC(=O)[C@H](C)NC(=O)[C@H](Cc1ccccc1)NC(=O)OCc1ccccc1)C(=O)O. The Morgan fingerprint density at radius 2 is 1.47 bits per heavy atom. The Labute approximate surface area is 198 Å². The lowest BCUT2D eigenvalue weighted by atomic mass is 10.0. The monoisotopic (exact) mass is 467 g/mol. The third-order valence-corrected chi connectivity index (χ3v) is 4.87. The molecule has 180 valence electrons. The number of hydrogen-bond donors (Lipinski definition) is 4. The third-order valence-electron chi connectivity index (χ3n) is 4.87. The smallest absolute Gasteiger partial charge is 0.408 e. The summed E-state index contributed by atoms with van der Waals surface area (Å²) in [6.07, 6.45) is 0.792. The third kappa shape index (κ3) is 8.78. The van der Waals surface area contributed by atoms with Crippen molar-refractivity contribution in [1.82, 2.24) is 16.0 Å². The van der Waals surface area contributed by atoms with Crippen molar-refractivity contribution < 1.29 is 29.0 Å². The zero-order valence-corrected chi connectivity index (χ0v) is 18.9. The molecule has 9 heteroatoms. The lowest BCUT2D eigenvalue weighted by Gasteiger charge is -2.22. The summed E-state index contributed by atoms with van der Waals surface area (Å²) in [4.78, 5) is 48.9. The van der Waals surface area contributed by atoms with Crippen molar-refractivity contribution in [2.45, 2.75) is 44.5 Å². The van der Waals surface area contributed by atoms with E-state index in [1.165, 1.54) is 13.0 Å². The Bertz CT molecular complexity index is 981. The van der Waals surface area contributed by atoms with Crippen molar-refractivity contribution in [1.29, 1.82) is 0 Å². The van der Waals surface area contributed by atoms with Crippen LogP contribution in [-0.4, -0.2) is 47.1 Å². The summed E-state index contributed by atoms with van der Waals surface area (Å²) in [6.45, 7) is 4.93. The van der Waals surface area contributed by atoms with Crippen LogP contribution in [0.1, 0.15) is 24.5 Å². The van der Waals surface area contributed by atoms with Gasteiger partial charge in [0, 0.05) is 6.42 Å². The zero-order chi connectivity index (χ0) is 24.9. The Morgan fingerprint density at radius 1 is 0.882 bits per heavy atom. The molecule has 0 aromatic heterocycles. The number of ether oxygens (including phenoxy) is 1. The van der Waals surface area contributed by atoms with E-state index in [1.807, 2.05) is 24.3 Å². The van der Waals surface area contributed by atoms with Crippen molar-refractivity contribution in [2.24, 2.45) is 0 Å². The number of carboxylic acid groups (broad SMARTS) is 1. The number of hydrogen-bond acceptors (Lipinski definition) is 5. The van der Waals surface area contributed by atoms with Crippen LogP contribution >= 0.6 is 0 Å². The molecule has 0 fully saturated rings. The largest absolute Gasteiger partial charge is 0.480 e. The van der Waals surface area contributed by atoms with E-state index in [0.29, 0.717) is 0 Å². The van der Waals surface area contributed by atoms with Gasteiger partial charge in [0.25, 0.3) is 0 Å². The number of rotatable bonds is 12. The van der Waals surface area contributed by atoms with Crippen LogP contribution in [0, 0.1) is 0 Å². The molecular formula is C25H29N3O6. The maximum atomic E-state index is 12.9. The van der Waals surface area contributed by atoms with E-state index in [4.69, 9.17) is 4.74 Å². The van der Waals surface area contributed by atoms with Gasteiger partial charge in [-0.15, -0.1) is 6.58 Å². The summed E-state index contributed by atoms with van der Waals surface area (Å²) < 4.78 is 5.22. The number of carboxylic acids is 1. The van der Waals surface area contributed by atoms with Gasteiger partial charge in [-0.1, -0.05) is 66.7 Å². The van der Waals surface area contributed by atoms with Gasteiger partial charge < -0.3 is 25.8 Å². The molecule has 3 atom stereocenters. The van der Waals surface area contributed by atoms with Crippen molar-refractivity contribution in [3.8, 4) is 0 Å². The molecule has 0 heterocycles. The van der Waals surface area contributed by atoms with Crippen LogP contribution in [0.5, 0.6) is 0 Å². The molecule has 0 spiro atoms. The van der Waals surface area contributed by atoms with Gasteiger partial charge in [-0.25, -0.2) is 9.59 Å². The van der Waals surface area contributed by atoms with E-state index < -0.39 is 42.0 Å². The highest BCUT2D eigenvalue weighted by molar-refractivity contribution is 5.92. The van der Waals surface area contributed by atoms with Gasteiger partial charge in [-0.05, 0) is 24.5 Å². The first-order valence-corrected chi connectivity index (χ1v) is 10.8. The summed E-state index contributed by atoms with van der Waals surface area (Å²) in [7, 11) is 0. The summed E-state index contributed by atoms with van der Waals surface area (Å²) in [5.41, 5.74) is 1.58. The van der Waals surface area contributed by atoms with Gasteiger partial charge in [0.1, 0.15) is 24.7 Å². The highest BCUT2D eigenvalue weighted by atomic mass is 16.5. The topological polar surface area (TPSA) is 134 Å². The van der Waals surface area contributed by atoms with Crippen molar-refractivity contribution in [3.05, 3.63) is 84.4 Å². The maximum Gasteiger partial charge on any atom is 0.408 e. The predicted molar refractivity (Wildman–Crippen MR) is 126 cm³/mol. The molecule has 9 nitrogen and oxygen atoms in total. The normalized spacial score (nSPS) is 13.0. The zero-order valence-electron chi connectivity index (χ0n) is 18.9. The Kier molecular flexibility index (Phi) is 10.3. The standard InChI is InChI=1S/C25H29N3O6/c1-3-10-20(24(31)32)27-22(29)17(2)26-23(30)21(15-18-11-6-4-7-12-18)28-25(33)34-16-19-13-8-5-9-14-19/h3-9,11-14,17,20-21H,1,10,15-16H2,2H3,(H,26,30)(H,27,29)(H,28,33)(H,31,32)/t17-,20-,21-/m0/s1. The van der Waals surface area contributed by atoms with E-state index in [0.717, 1.165) is 11.1 Å². The Morgan fingerprint density at radius 3 is 2.03 bits per heavy atom. The van der Waals surface area contributed by atoms with Crippen molar-refractivity contribution in [3.63, 3.8) is 0 Å². The fourth-order valence-electron chi connectivity index (χ4n) is 3.03. The molecule has 0 aliphatic carbocycles. The molecule has 0 radical (unpaired) electrons. The molecule has 0 aliphatic rings. The maximum absolute atomic E-state index is 12.9. The molecule has 0 bridgehead atoms. The van der Waals surface area contributed by atoms with Crippen LogP contribution in [0.15, 0.2) is 73.3 Å². The molecule has 2 aromatic carbocycles. The second kappa shape index (κ2) is 13.4.